The van der Waals surface area contributed by atoms with Gasteiger partial charge in [0.2, 0.25) is 11.1 Å². The number of benzene rings is 1. The molecule has 0 fully saturated rings. The van der Waals surface area contributed by atoms with E-state index in [0.29, 0.717) is 15.7 Å². The second-order valence-electron chi connectivity index (χ2n) is 3.22. The molecule has 0 amide bonds. The van der Waals surface area contributed by atoms with Crippen molar-refractivity contribution in [1.82, 2.24) is 15.2 Å². The highest BCUT2D eigenvalue weighted by Gasteiger charge is 2.08. The van der Waals surface area contributed by atoms with E-state index in [4.69, 9.17) is 17.3 Å². The Labute approximate surface area is 107 Å². The highest BCUT2D eigenvalue weighted by atomic mass is 35.5. The third-order valence-electron chi connectivity index (χ3n) is 1.98. The van der Waals surface area contributed by atoms with Crippen molar-refractivity contribution in [2.75, 3.05) is 11.5 Å². The minimum atomic E-state index is -0.00459. The van der Waals surface area contributed by atoms with Crippen LogP contribution in [0, 0.1) is 0 Å². The first-order valence-corrected chi connectivity index (χ1v) is 6.11. The number of nitrogens with one attached hydrogen (secondary N) is 1. The highest BCUT2D eigenvalue weighted by molar-refractivity contribution is 7.99. The molecule has 0 spiro atoms. The second-order valence-corrected chi connectivity index (χ2v) is 4.60. The van der Waals surface area contributed by atoms with Gasteiger partial charge in [-0.05, 0) is 24.3 Å². The minimum Gasteiger partial charge on any atom is -0.368 e. The van der Waals surface area contributed by atoms with E-state index in [1.165, 1.54) is 11.8 Å². The third kappa shape index (κ3) is 3.21. The molecular formula is C10H9ClN4OS. The summed E-state index contributed by atoms with van der Waals surface area (Å²) in [5.41, 5.74) is 5.99. The van der Waals surface area contributed by atoms with Gasteiger partial charge in [0.1, 0.15) is 0 Å². The molecule has 1 heterocycles. The Hall–Kier alpha value is -1.53. The summed E-state index contributed by atoms with van der Waals surface area (Å²) < 4.78 is 0. The molecule has 2 rings (SSSR count). The number of carbonyl (C=O) groups is 1. The maximum Gasteiger partial charge on any atom is 0.216 e. The van der Waals surface area contributed by atoms with Gasteiger partial charge in [-0.25, -0.2) is 5.10 Å². The van der Waals surface area contributed by atoms with Crippen LogP contribution in [-0.4, -0.2) is 26.7 Å². The number of hydrogen-bond donors (Lipinski definition) is 2. The lowest BCUT2D eigenvalue weighted by Gasteiger charge is -1.98. The Kier molecular flexibility index (Phi) is 3.65. The zero-order chi connectivity index (χ0) is 12.3. The molecular weight excluding hydrogens is 260 g/mol. The molecule has 0 atom stereocenters. The summed E-state index contributed by atoms with van der Waals surface area (Å²) in [6, 6.07) is 6.75. The molecule has 0 saturated carbocycles. The maximum atomic E-state index is 11.8. The first kappa shape index (κ1) is 11.9. The van der Waals surface area contributed by atoms with E-state index in [1.807, 2.05) is 0 Å². The molecule has 5 nitrogen and oxygen atoms in total. The number of nitrogens with two attached hydrogens (primary N) is 1. The lowest BCUT2D eigenvalue weighted by Crippen LogP contribution is -2.02. The van der Waals surface area contributed by atoms with Gasteiger partial charge >= 0.3 is 0 Å². The molecule has 0 radical (unpaired) electrons. The van der Waals surface area contributed by atoms with Crippen LogP contribution in [0.1, 0.15) is 10.4 Å². The smallest absolute Gasteiger partial charge is 0.216 e. The quantitative estimate of drug-likeness (QED) is 0.655. The van der Waals surface area contributed by atoms with Crippen molar-refractivity contribution in [3.8, 4) is 0 Å². The van der Waals surface area contributed by atoms with E-state index in [1.54, 1.807) is 24.3 Å². The Morgan fingerprint density at radius 3 is 2.71 bits per heavy atom. The van der Waals surface area contributed by atoms with Crippen LogP contribution in [0.25, 0.3) is 0 Å². The maximum absolute atomic E-state index is 11.8. The fourth-order valence-electron chi connectivity index (χ4n) is 1.17. The van der Waals surface area contributed by atoms with Gasteiger partial charge in [0, 0.05) is 10.6 Å². The van der Waals surface area contributed by atoms with Crippen LogP contribution in [0.4, 0.5) is 5.95 Å². The molecule has 0 aliphatic carbocycles. The van der Waals surface area contributed by atoms with Crippen molar-refractivity contribution in [1.29, 1.82) is 0 Å². The summed E-state index contributed by atoms with van der Waals surface area (Å²) in [5, 5.41) is 7.40. The Morgan fingerprint density at radius 2 is 2.12 bits per heavy atom. The molecule has 0 aliphatic rings. The number of H-pyrrole nitrogens is 1. The van der Waals surface area contributed by atoms with Crippen molar-refractivity contribution in [2.45, 2.75) is 5.16 Å². The zero-order valence-electron chi connectivity index (χ0n) is 8.68. The molecule has 17 heavy (non-hydrogen) atoms. The Balaban J connectivity index is 1.95. The standard InChI is InChI=1S/C10H9ClN4OS/c11-7-3-1-6(2-4-7)8(16)5-17-10-13-9(12)14-15-10/h1-4H,5H2,(H3,12,13,14,15). The van der Waals surface area contributed by atoms with Gasteiger partial charge in [-0.15, -0.1) is 5.10 Å². The molecule has 0 bridgehead atoms. The number of nitrogen functional groups attached to an aromatic ring is 1. The molecule has 2 aromatic rings. The van der Waals surface area contributed by atoms with Gasteiger partial charge in [0.05, 0.1) is 5.75 Å². The fraction of sp³-hybridized carbons (Fsp3) is 0.100. The van der Waals surface area contributed by atoms with Crippen molar-refractivity contribution in [3.63, 3.8) is 0 Å². The Morgan fingerprint density at radius 1 is 1.41 bits per heavy atom. The van der Waals surface area contributed by atoms with Gasteiger partial charge in [0.15, 0.2) is 5.78 Å². The van der Waals surface area contributed by atoms with Crippen LogP contribution in [0.15, 0.2) is 29.4 Å². The van der Waals surface area contributed by atoms with E-state index in [9.17, 15) is 4.79 Å². The van der Waals surface area contributed by atoms with Crippen LogP contribution in [0.2, 0.25) is 5.02 Å². The van der Waals surface area contributed by atoms with Gasteiger partial charge in [-0.3, -0.25) is 4.79 Å². The highest BCUT2D eigenvalue weighted by Crippen LogP contribution is 2.16. The molecule has 1 aromatic carbocycles. The SMILES string of the molecule is Nc1nc(SCC(=O)c2ccc(Cl)cc2)n[nH]1. The van der Waals surface area contributed by atoms with Crippen LogP contribution >= 0.6 is 23.4 Å². The van der Waals surface area contributed by atoms with E-state index in [2.05, 4.69) is 15.2 Å². The average molecular weight is 269 g/mol. The molecule has 0 unspecified atom stereocenters. The summed E-state index contributed by atoms with van der Waals surface area (Å²) in [6.07, 6.45) is 0. The first-order chi connectivity index (χ1) is 8.15. The van der Waals surface area contributed by atoms with Gasteiger partial charge in [-0.2, -0.15) is 4.98 Å². The van der Waals surface area contributed by atoms with Gasteiger partial charge < -0.3 is 5.73 Å². The molecule has 0 saturated heterocycles. The third-order valence-corrected chi connectivity index (χ3v) is 3.08. The monoisotopic (exact) mass is 268 g/mol. The van der Waals surface area contributed by atoms with E-state index >= 15 is 0 Å². The summed E-state index contributed by atoms with van der Waals surface area (Å²) in [6.45, 7) is 0. The lowest BCUT2D eigenvalue weighted by molar-refractivity contribution is 0.102. The number of ketones is 1. The summed E-state index contributed by atoms with van der Waals surface area (Å²) >= 11 is 6.97. The molecule has 88 valence electrons. The number of nitrogens with zero attached hydrogens (tertiary/aromatic N) is 2. The minimum absolute atomic E-state index is 0.00459. The average Bonchev–Trinajstić information content (AvgIpc) is 2.73. The van der Waals surface area contributed by atoms with Gasteiger partial charge in [-0.1, -0.05) is 23.4 Å². The summed E-state index contributed by atoms with van der Waals surface area (Å²) in [5.74, 6) is 0.500. The molecule has 0 aliphatic heterocycles. The summed E-state index contributed by atoms with van der Waals surface area (Å²) in [4.78, 5) is 15.7. The van der Waals surface area contributed by atoms with Crippen molar-refractivity contribution in [2.24, 2.45) is 0 Å². The second kappa shape index (κ2) is 5.20. The number of carbonyl (C=O) groups excluding carboxylic acids is 1. The normalized spacial score (nSPS) is 10.4. The Bertz CT molecular complexity index is 525. The van der Waals surface area contributed by atoms with Crippen LogP contribution < -0.4 is 5.73 Å². The predicted octanol–water partition coefficient (Wildman–Crippen LogP) is 2.02. The number of Topliss-reactive ketones (excluding diaryl/α,β-unsaturated/α-hetero) is 1. The number of aromatic nitrogens is 3. The van der Waals surface area contributed by atoms with Crippen LogP contribution in [-0.2, 0) is 0 Å². The number of rotatable bonds is 4. The summed E-state index contributed by atoms with van der Waals surface area (Å²) in [7, 11) is 0. The molecule has 3 N–H and O–H groups in total. The number of aromatic amines is 1. The first-order valence-electron chi connectivity index (χ1n) is 4.74. The number of halogens is 1. The predicted molar refractivity (Wildman–Crippen MR) is 67.3 cm³/mol. The van der Waals surface area contributed by atoms with E-state index in [0.717, 1.165) is 0 Å². The number of hydrogen-bond acceptors (Lipinski definition) is 5. The van der Waals surface area contributed by atoms with Crippen molar-refractivity contribution < 1.29 is 4.79 Å². The largest absolute Gasteiger partial charge is 0.368 e. The van der Waals surface area contributed by atoms with Gasteiger partial charge in [0.25, 0.3) is 0 Å². The van der Waals surface area contributed by atoms with Crippen LogP contribution in [0.3, 0.4) is 0 Å². The topological polar surface area (TPSA) is 84.7 Å². The van der Waals surface area contributed by atoms with Crippen molar-refractivity contribution >= 4 is 35.1 Å². The number of anilines is 1. The zero-order valence-corrected chi connectivity index (χ0v) is 10.3. The van der Waals surface area contributed by atoms with E-state index < -0.39 is 0 Å². The lowest BCUT2D eigenvalue weighted by atomic mass is 10.1. The van der Waals surface area contributed by atoms with Crippen LogP contribution in [0.5, 0.6) is 0 Å². The number of thioether (sulfide) groups is 1. The molecule has 7 heteroatoms. The van der Waals surface area contributed by atoms with E-state index in [-0.39, 0.29) is 17.5 Å². The molecule has 1 aromatic heterocycles. The van der Waals surface area contributed by atoms with Crippen molar-refractivity contribution in [3.05, 3.63) is 34.9 Å². The fourth-order valence-corrected chi connectivity index (χ4v) is 2.00.